The summed E-state index contributed by atoms with van der Waals surface area (Å²) in [5.41, 5.74) is 0.829. The number of amides is 1. The number of para-hydroxylation sites is 1. The second-order valence-electron chi connectivity index (χ2n) is 6.97. The number of hydrogen-bond acceptors (Lipinski definition) is 6. The number of fused-ring (bicyclic) bond motifs is 1. The third kappa shape index (κ3) is 5.32. The van der Waals surface area contributed by atoms with E-state index in [1.54, 1.807) is 13.4 Å². The first-order valence-corrected chi connectivity index (χ1v) is 9.96. The van der Waals surface area contributed by atoms with E-state index in [0.717, 1.165) is 23.1 Å². The number of anilines is 1. The lowest BCUT2D eigenvalue weighted by atomic mass is 10.2. The van der Waals surface area contributed by atoms with Gasteiger partial charge in [-0.1, -0.05) is 19.1 Å². The smallest absolute Gasteiger partial charge is 0.221 e. The Balaban J connectivity index is 1.92. The second kappa shape index (κ2) is 10.0. The number of nitrogens with one attached hydrogen (secondary N) is 1. The number of carbonyl (C=O) groups is 1. The summed E-state index contributed by atoms with van der Waals surface area (Å²) in [5, 5.41) is 3.95. The molecule has 154 valence electrons. The molecule has 1 N–H and O–H groups in total. The van der Waals surface area contributed by atoms with Gasteiger partial charge in [-0.2, -0.15) is 0 Å². The maximum Gasteiger partial charge on any atom is 0.221 e. The van der Waals surface area contributed by atoms with Crippen LogP contribution in [0.5, 0.6) is 0 Å². The molecule has 0 radical (unpaired) electrons. The third-order valence-electron chi connectivity index (χ3n) is 4.82. The van der Waals surface area contributed by atoms with Crippen molar-refractivity contribution in [2.75, 3.05) is 31.7 Å². The summed E-state index contributed by atoms with van der Waals surface area (Å²) in [6.07, 6.45) is 2.89. The summed E-state index contributed by atoms with van der Waals surface area (Å²) >= 11 is 0. The Morgan fingerprint density at radius 2 is 2.03 bits per heavy atom. The van der Waals surface area contributed by atoms with E-state index in [-0.39, 0.29) is 11.9 Å². The zero-order chi connectivity index (χ0) is 20.6. The summed E-state index contributed by atoms with van der Waals surface area (Å²) in [6, 6.07) is 11.7. The molecular formula is C22H28N4O3. The number of aromatic nitrogens is 2. The van der Waals surface area contributed by atoms with E-state index in [0.29, 0.717) is 37.7 Å². The van der Waals surface area contributed by atoms with E-state index >= 15 is 0 Å². The predicted octanol–water partition coefficient (Wildman–Crippen LogP) is 3.65. The lowest BCUT2D eigenvalue weighted by Gasteiger charge is -2.25. The molecule has 2 aromatic heterocycles. The molecule has 0 bridgehead atoms. The highest BCUT2D eigenvalue weighted by molar-refractivity contribution is 5.91. The summed E-state index contributed by atoms with van der Waals surface area (Å²) in [5.74, 6) is 1.94. The van der Waals surface area contributed by atoms with Crippen molar-refractivity contribution in [3.05, 3.63) is 42.7 Å². The molecule has 1 atom stereocenters. The molecule has 0 aliphatic carbocycles. The van der Waals surface area contributed by atoms with E-state index in [9.17, 15) is 4.79 Å². The number of carbonyl (C=O) groups excluding carboxylic acids is 1. The van der Waals surface area contributed by atoms with Crippen LogP contribution in [0.2, 0.25) is 0 Å². The molecule has 29 heavy (non-hydrogen) atoms. The van der Waals surface area contributed by atoms with E-state index in [1.807, 2.05) is 43.3 Å². The normalized spacial score (nSPS) is 12.1. The fraction of sp³-hybridized carbons (Fsp3) is 0.409. The monoisotopic (exact) mass is 396 g/mol. The van der Waals surface area contributed by atoms with Crippen molar-refractivity contribution in [3.8, 4) is 11.6 Å². The molecule has 0 aliphatic heterocycles. The Kier molecular flexibility index (Phi) is 7.19. The summed E-state index contributed by atoms with van der Waals surface area (Å²) in [7, 11) is 1.67. The maximum atomic E-state index is 12.3. The molecule has 7 nitrogen and oxygen atoms in total. The van der Waals surface area contributed by atoms with Gasteiger partial charge >= 0.3 is 0 Å². The highest BCUT2D eigenvalue weighted by atomic mass is 16.5. The molecule has 0 unspecified atom stereocenters. The Hall–Kier alpha value is -2.93. The largest absolute Gasteiger partial charge is 0.461 e. The van der Waals surface area contributed by atoms with Crippen LogP contribution in [0.1, 0.15) is 26.7 Å². The number of rotatable bonds is 10. The molecule has 0 fully saturated rings. The van der Waals surface area contributed by atoms with Crippen molar-refractivity contribution < 1.29 is 13.9 Å². The molecule has 1 aromatic carbocycles. The number of methoxy groups -OCH3 is 1. The zero-order valence-electron chi connectivity index (χ0n) is 17.2. The lowest BCUT2D eigenvalue weighted by Crippen LogP contribution is -2.36. The Bertz CT molecular complexity index is 927. The molecule has 3 rings (SSSR count). The summed E-state index contributed by atoms with van der Waals surface area (Å²) in [6.45, 7) is 5.74. The van der Waals surface area contributed by atoms with E-state index in [2.05, 4.69) is 22.1 Å². The van der Waals surface area contributed by atoms with Gasteiger partial charge in [0.1, 0.15) is 5.82 Å². The van der Waals surface area contributed by atoms with Crippen LogP contribution in [0.4, 0.5) is 5.82 Å². The van der Waals surface area contributed by atoms with Crippen molar-refractivity contribution >= 4 is 22.6 Å². The van der Waals surface area contributed by atoms with E-state index in [1.165, 1.54) is 0 Å². The van der Waals surface area contributed by atoms with E-state index in [4.69, 9.17) is 14.1 Å². The lowest BCUT2D eigenvalue weighted by molar-refractivity contribution is -0.121. The highest BCUT2D eigenvalue weighted by Gasteiger charge is 2.18. The number of hydrogen-bond donors (Lipinski definition) is 1. The Morgan fingerprint density at radius 1 is 1.21 bits per heavy atom. The average molecular weight is 396 g/mol. The van der Waals surface area contributed by atoms with Crippen LogP contribution in [0.3, 0.4) is 0 Å². The maximum absolute atomic E-state index is 12.3. The minimum atomic E-state index is 0.0337. The molecular weight excluding hydrogens is 368 g/mol. The summed E-state index contributed by atoms with van der Waals surface area (Å²) in [4.78, 5) is 23.8. The average Bonchev–Trinajstić information content (AvgIpc) is 3.28. The van der Waals surface area contributed by atoms with Gasteiger partial charge in [-0.25, -0.2) is 9.97 Å². The van der Waals surface area contributed by atoms with Gasteiger partial charge in [-0.15, -0.1) is 0 Å². The van der Waals surface area contributed by atoms with Gasteiger partial charge in [-0.3, -0.25) is 4.79 Å². The van der Waals surface area contributed by atoms with Crippen molar-refractivity contribution in [1.29, 1.82) is 0 Å². The first-order valence-electron chi connectivity index (χ1n) is 9.96. The van der Waals surface area contributed by atoms with Crippen molar-refractivity contribution in [2.24, 2.45) is 0 Å². The van der Waals surface area contributed by atoms with Gasteiger partial charge in [0.15, 0.2) is 11.6 Å². The van der Waals surface area contributed by atoms with Crippen molar-refractivity contribution in [3.63, 3.8) is 0 Å². The SMILES string of the molecule is CC[C@H](C)NC(=O)CCN(CCOC)c1nc(-c2ccco2)nc2ccccc12. The Labute approximate surface area is 171 Å². The van der Waals surface area contributed by atoms with Crippen LogP contribution in [0.15, 0.2) is 47.1 Å². The van der Waals surface area contributed by atoms with Crippen LogP contribution in [-0.4, -0.2) is 48.7 Å². The molecule has 3 aromatic rings. The van der Waals surface area contributed by atoms with Gasteiger partial charge in [0.2, 0.25) is 5.91 Å². The number of nitrogens with zero attached hydrogens (tertiary/aromatic N) is 3. The van der Waals surface area contributed by atoms with Gasteiger partial charge in [0, 0.05) is 38.0 Å². The molecule has 2 heterocycles. The Morgan fingerprint density at radius 3 is 2.76 bits per heavy atom. The molecule has 0 spiro atoms. The fourth-order valence-corrected chi connectivity index (χ4v) is 3.03. The van der Waals surface area contributed by atoms with Crippen molar-refractivity contribution in [1.82, 2.24) is 15.3 Å². The van der Waals surface area contributed by atoms with Crippen LogP contribution in [0, 0.1) is 0 Å². The molecule has 7 heteroatoms. The minimum Gasteiger partial charge on any atom is -0.461 e. The molecule has 0 saturated heterocycles. The topological polar surface area (TPSA) is 80.5 Å². The highest BCUT2D eigenvalue weighted by Crippen LogP contribution is 2.27. The van der Waals surface area contributed by atoms with Gasteiger partial charge in [0.05, 0.1) is 18.4 Å². The molecule has 1 amide bonds. The molecule has 0 aliphatic rings. The van der Waals surface area contributed by atoms with Crippen LogP contribution in [0.25, 0.3) is 22.5 Å². The zero-order valence-corrected chi connectivity index (χ0v) is 17.2. The number of benzene rings is 1. The number of ether oxygens (including phenoxy) is 1. The summed E-state index contributed by atoms with van der Waals surface area (Å²) < 4.78 is 10.8. The number of furan rings is 1. The van der Waals surface area contributed by atoms with Gasteiger partial charge in [0.25, 0.3) is 0 Å². The van der Waals surface area contributed by atoms with Gasteiger partial charge < -0.3 is 19.4 Å². The minimum absolute atomic E-state index is 0.0337. The molecule has 0 saturated carbocycles. The van der Waals surface area contributed by atoms with Gasteiger partial charge in [-0.05, 0) is 37.6 Å². The van der Waals surface area contributed by atoms with Crippen LogP contribution >= 0.6 is 0 Å². The van der Waals surface area contributed by atoms with Crippen molar-refractivity contribution in [2.45, 2.75) is 32.7 Å². The quantitative estimate of drug-likeness (QED) is 0.563. The first kappa shape index (κ1) is 20.8. The third-order valence-corrected chi connectivity index (χ3v) is 4.82. The van der Waals surface area contributed by atoms with E-state index < -0.39 is 0 Å². The second-order valence-corrected chi connectivity index (χ2v) is 6.97. The van der Waals surface area contributed by atoms with Crippen LogP contribution in [-0.2, 0) is 9.53 Å². The predicted molar refractivity (Wildman–Crippen MR) is 114 cm³/mol. The fourth-order valence-electron chi connectivity index (χ4n) is 3.03. The first-order chi connectivity index (χ1) is 14.1. The standard InChI is InChI=1S/C22H28N4O3/c1-4-16(2)23-20(27)11-12-26(13-15-28-3)22-17-8-5-6-9-18(17)24-21(25-22)19-10-7-14-29-19/h5-10,14,16H,4,11-13,15H2,1-3H3,(H,23,27)/t16-/m0/s1. The van der Waals surface area contributed by atoms with Crippen LogP contribution < -0.4 is 10.2 Å².